The van der Waals surface area contributed by atoms with Gasteiger partial charge in [-0.25, -0.2) is 0 Å². The number of aliphatic hydroxyl groups excluding tert-OH is 8. The Morgan fingerprint density at radius 3 is 1.71 bits per heavy atom. The minimum Gasteiger partial charge on any atom is -0.394 e. The fourth-order valence-electron chi connectivity index (χ4n) is 3.12. The first kappa shape index (κ1) is 31.6. The van der Waals surface area contributed by atoms with Crippen LogP contribution in [0.2, 0.25) is 0 Å². The van der Waals surface area contributed by atoms with Gasteiger partial charge in [-0.1, -0.05) is 6.08 Å². The molecule has 34 heavy (non-hydrogen) atoms. The smallest absolute Gasteiger partial charge is 0.187 e. The molecule has 202 valence electrons. The van der Waals surface area contributed by atoms with Crippen molar-refractivity contribution in [2.24, 2.45) is 5.73 Å². The maximum Gasteiger partial charge on any atom is 0.187 e. The van der Waals surface area contributed by atoms with Gasteiger partial charge in [0.25, 0.3) is 0 Å². The molecule has 2 rings (SSSR count). The van der Waals surface area contributed by atoms with Crippen LogP contribution in [-0.2, 0) is 18.9 Å². The second-order valence-corrected chi connectivity index (χ2v) is 8.87. The van der Waals surface area contributed by atoms with Gasteiger partial charge in [-0.2, -0.15) is 11.8 Å². The quantitative estimate of drug-likeness (QED) is 0.0886. The van der Waals surface area contributed by atoms with E-state index in [1.165, 1.54) is 6.08 Å². The zero-order valence-corrected chi connectivity index (χ0v) is 19.7. The molecule has 2 aliphatic rings. The van der Waals surface area contributed by atoms with E-state index < -0.39 is 74.6 Å². The summed E-state index contributed by atoms with van der Waals surface area (Å²) in [6.07, 6.45) is -9.89. The summed E-state index contributed by atoms with van der Waals surface area (Å²) in [6, 6.07) is 0. The molecule has 10 atom stereocenters. The van der Waals surface area contributed by atoms with E-state index >= 15 is 0 Å². The molecule has 14 heteroatoms. The van der Waals surface area contributed by atoms with Crippen LogP contribution in [0.25, 0.3) is 0 Å². The Labute approximate surface area is 202 Å². The van der Waals surface area contributed by atoms with Crippen LogP contribution in [0.15, 0.2) is 12.7 Å². The lowest BCUT2D eigenvalue weighted by molar-refractivity contribution is -0.300. The number of ether oxygens (including phenoxy) is 4. The number of nitrogens with two attached hydrogens (primary N) is 1. The van der Waals surface area contributed by atoms with Crippen LogP contribution < -0.4 is 5.73 Å². The predicted molar refractivity (Wildman–Crippen MR) is 121 cm³/mol. The molecule has 10 N–H and O–H groups in total. The monoisotopic (exact) mass is 517 g/mol. The van der Waals surface area contributed by atoms with Gasteiger partial charge >= 0.3 is 0 Å². The van der Waals surface area contributed by atoms with Gasteiger partial charge in [0.2, 0.25) is 0 Å². The molecule has 0 radical (unpaired) electrons. The molecule has 0 aromatic carbocycles. The Morgan fingerprint density at radius 1 is 0.765 bits per heavy atom. The third-order valence-electron chi connectivity index (χ3n) is 5.05. The fourth-order valence-corrected chi connectivity index (χ4v) is 3.81. The third-order valence-corrected chi connectivity index (χ3v) is 6.15. The van der Waals surface area contributed by atoms with Crippen molar-refractivity contribution in [3.8, 4) is 0 Å². The maximum atomic E-state index is 9.70. The van der Waals surface area contributed by atoms with Crippen LogP contribution in [-0.4, -0.2) is 147 Å². The Bertz CT molecular complexity index is 546. The highest BCUT2D eigenvalue weighted by Gasteiger charge is 2.44. The van der Waals surface area contributed by atoms with E-state index in [-0.39, 0.29) is 6.61 Å². The number of hydrogen-bond donors (Lipinski definition) is 9. The van der Waals surface area contributed by atoms with Crippen molar-refractivity contribution in [2.75, 3.05) is 44.5 Å². The van der Waals surface area contributed by atoms with Crippen molar-refractivity contribution in [3.63, 3.8) is 0 Å². The Morgan fingerprint density at radius 2 is 1.26 bits per heavy atom. The first-order valence-corrected chi connectivity index (χ1v) is 12.1. The number of aliphatic hydroxyl groups is 8. The average Bonchev–Trinajstić information content (AvgIpc) is 2.84. The highest BCUT2D eigenvalue weighted by molar-refractivity contribution is 7.99. The SMILES string of the molecule is C=CCO[C@H]1OC(CO)[C@@H](O)[C@H](O)C1O.NCCSCCCO[C@H]1OC(CO)[C@@H](O)[C@H](O)C1O. The molecule has 0 aliphatic carbocycles. The van der Waals surface area contributed by atoms with Crippen molar-refractivity contribution in [1.29, 1.82) is 0 Å². The van der Waals surface area contributed by atoms with E-state index in [9.17, 15) is 30.6 Å². The van der Waals surface area contributed by atoms with Crippen LogP contribution in [0.3, 0.4) is 0 Å². The Balaban J connectivity index is 0.000000350. The molecule has 2 aliphatic heterocycles. The summed E-state index contributed by atoms with van der Waals surface area (Å²) in [5.74, 6) is 1.77. The number of hydrogen-bond acceptors (Lipinski definition) is 14. The number of rotatable bonds is 12. The largest absolute Gasteiger partial charge is 0.394 e. The summed E-state index contributed by atoms with van der Waals surface area (Å²) in [4.78, 5) is 0. The third kappa shape index (κ3) is 9.55. The molecular weight excluding hydrogens is 478 g/mol. The maximum absolute atomic E-state index is 9.70. The van der Waals surface area contributed by atoms with Crippen LogP contribution in [0.4, 0.5) is 0 Å². The fraction of sp³-hybridized carbons (Fsp3) is 0.900. The topological polar surface area (TPSA) is 225 Å². The Kier molecular flexibility index (Phi) is 15.9. The summed E-state index contributed by atoms with van der Waals surface area (Å²) < 4.78 is 20.6. The van der Waals surface area contributed by atoms with Gasteiger partial charge in [-0.05, 0) is 12.2 Å². The van der Waals surface area contributed by atoms with Crippen molar-refractivity contribution in [3.05, 3.63) is 12.7 Å². The molecule has 2 saturated heterocycles. The van der Waals surface area contributed by atoms with Crippen LogP contribution >= 0.6 is 11.8 Å². The van der Waals surface area contributed by atoms with Gasteiger partial charge in [0.15, 0.2) is 12.6 Å². The lowest BCUT2D eigenvalue weighted by Crippen LogP contribution is -2.59. The van der Waals surface area contributed by atoms with Crippen molar-refractivity contribution in [1.82, 2.24) is 0 Å². The lowest BCUT2D eigenvalue weighted by atomic mass is 9.99. The molecule has 0 saturated carbocycles. The van der Waals surface area contributed by atoms with Crippen LogP contribution in [0.1, 0.15) is 6.42 Å². The van der Waals surface area contributed by atoms with Crippen molar-refractivity contribution in [2.45, 2.75) is 67.8 Å². The van der Waals surface area contributed by atoms with E-state index in [4.69, 9.17) is 34.9 Å². The molecule has 13 nitrogen and oxygen atoms in total. The molecule has 0 bridgehead atoms. The van der Waals surface area contributed by atoms with E-state index in [2.05, 4.69) is 6.58 Å². The minimum atomic E-state index is -1.40. The van der Waals surface area contributed by atoms with Crippen LogP contribution in [0.5, 0.6) is 0 Å². The first-order chi connectivity index (χ1) is 16.2. The molecule has 2 heterocycles. The van der Waals surface area contributed by atoms with Gasteiger partial charge in [-0.15, -0.1) is 6.58 Å². The molecule has 0 aromatic heterocycles. The molecule has 0 aromatic rings. The second-order valence-electron chi connectivity index (χ2n) is 7.64. The highest BCUT2D eigenvalue weighted by atomic mass is 32.2. The Hall–Kier alpha value is -0.430. The second kappa shape index (κ2) is 17.1. The molecule has 2 fully saturated rings. The van der Waals surface area contributed by atoms with Crippen LogP contribution in [0, 0.1) is 0 Å². The zero-order valence-electron chi connectivity index (χ0n) is 18.9. The zero-order chi connectivity index (χ0) is 25.7. The van der Waals surface area contributed by atoms with E-state index in [0.717, 1.165) is 17.9 Å². The minimum absolute atomic E-state index is 0.142. The summed E-state index contributed by atoms with van der Waals surface area (Å²) in [5, 5.41) is 75.0. The number of thioether (sulfide) groups is 1. The summed E-state index contributed by atoms with van der Waals surface area (Å²) in [6.45, 7) is 3.65. The van der Waals surface area contributed by atoms with Crippen molar-refractivity contribution >= 4 is 11.8 Å². The first-order valence-electron chi connectivity index (χ1n) is 11.0. The average molecular weight is 518 g/mol. The summed E-state index contributed by atoms with van der Waals surface area (Å²) >= 11 is 1.71. The highest BCUT2D eigenvalue weighted by Crippen LogP contribution is 2.23. The van der Waals surface area contributed by atoms with Gasteiger partial charge < -0.3 is 65.5 Å². The molecular formula is C20H39NO12S. The van der Waals surface area contributed by atoms with E-state index in [0.29, 0.717) is 13.2 Å². The standard InChI is InChI=1S/C11H23NO6S.C9H16O6/c12-2-5-19-4-1-3-17-11-10(16)9(15)8(14)7(6-13)18-11;1-2-3-14-9-8(13)7(12)6(11)5(4-10)15-9/h7-11,13-16H,1-6,12H2;2,5-13H,1,3-4H2/t7?,8-,9+,10?,11+;5?,6-,7+,8?,9+/m11/s1. The van der Waals surface area contributed by atoms with Gasteiger partial charge in [0.1, 0.15) is 48.8 Å². The van der Waals surface area contributed by atoms with E-state index in [1.807, 2.05) is 0 Å². The van der Waals surface area contributed by atoms with Gasteiger partial charge in [-0.3, -0.25) is 0 Å². The van der Waals surface area contributed by atoms with E-state index in [1.54, 1.807) is 11.8 Å². The molecule has 4 unspecified atom stereocenters. The summed E-state index contributed by atoms with van der Waals surface area (Å²) in [5.41, 5.74) is 5.36. The summed E-state index contributed by atoms with van der Waals surface area (Å²) in [7, 11) is 0. The molecule has 0 spiro atoms. The molecule has 0 amide bonds. The lowest BCUT2D eigenvalue weighted by Gasteiger charge is -2.39. The normalized spacial score (nSPS) is 38.1. The van der Waals surface area contributed by atoms with Gasteiger partial charge in [0.05, 0.1) is 26.4 Å². The van der Waals surface area contributed by atoms with Crippen molar-refractivity contribution < 1.29 is 59.8 Å². The predicted octanol–water partition coefficient (Wildman–Crippen LogP) is -4.13. The van der Waals surface area contributed by atoms with Gasteiger partial charge in [0, 0.05) is 12.3 Å².